The lowest BCUT2D eigenvalue weighted by Gasteiger charge is -2.05. The molecule has 0 aliphatic carbocycles. The molecule has 0 saturated heterocycles. The highest BCUT2D eigenvalue weighted by Crippen LogP contribution is 2.09. The van der Waals surface area contributed by atoms with Crippen LogP contribution in [-0.4, -0.2) is 23.6 Å². The van der Waals surface area contributed by atoms with E-state index in [1.165, 1.54) is 0 Å². The van der Waals surface area contributed by atoms with Crippen molar-refractivity contribution in [3.05, 3.63) is 34.9 Å². The second kappa shape index (κ2) is 8.50. The van der Waals surface area contributed by atoms with Gasteiger partial charge in [-0.1, -0.05) is 18.0 Å². The Kier molecular flexibility index (Phi) is 6.92. The maximum atomic E-state index is 11.7. The fourth-order valence-corrected chi connectivity index (χ4v) is 1.67. The predicted molar refractivity (Wildman–Crippen MR) is 72.2 cm³/mol. The van der Waals surface area contributed by atoms with Crippen LogP contribution in [0.1, 0.15) is 36.0 Å². The van der Waals surface area contributed by atoms with Crippen LogP contribution in [0.15, 0.2) is 24.3 Å². The maximum absolute atomic E-state index is 11.7. The number of halogens is 1. The first-order valence-electron chi connectivity index (χ1n) is 6.10. The van der Waals surface area contributed by atoms with Gasteiger partial charge in [-0.2, -0.15) is 0 Å². The van der Waals surface area contributed by atoms with Crippen LogP contribution in [-0.2, 0) is 4.79 Å². The summed E-state index contributed by atoms with van der Waals surface area (Å²) < 4.78 is 0. The number of rotatable bonds is 7. The first kappa shape index (κ1) is 15.5. The van der Waals surface area contributed by atoms with Gasteiger partial charge in [0.05, 0.1) is 0 Å². The van der Waals surface area contributed by atoms with Gasteiger partial charge in [-0.15, -0.1) is 0 Å². The summed E-state index contributed by atoms with van der Waals surface area (Å²) in [5.74, 6) is -0.519. The third-order valence-corrected chi connectivity index (χ3v) is 2.85. The molecule has 6 heteroatoms. The Balaban J connectivity index is 2.14. The zero-order valence-electron chi connectivity index (χ0n) is 10.5. The van der Waals surface area contributed by atoms with Crippen LogP contribution in [0.25, 0.3) is 0 Å². The summed E-state index contributed by atoms with van der Waals surface area (Å²) in [6.07, 6.45) is 2.58. The first-order valence-corrected chi connectivity index (χ1v) is 6.48. The van der Waals surface area contributed by atoms with Crippen molar-refractivity contribution in [3.63, 3.8) is 0 Å². The molecule has 0 aromatic heterocycles. The summed E-state index contributed by atoms with van der Waals surface area (Å²) >= 11 is 5.73. The molecule has 104 valence electrons. The Hall–Kier alpha value is -1.59. The normalized spacial score (nSPS) is 10.0. The molecular formula is C13H17ClN2O3. The third kappa shape index (κ3) is 6.22. The lowest BCUT2D eigenvalue weighted by molar-refractivity contribution is -0.129. The standard InChI is InChI=1S/C13H17ClN2O3/c14-11-7-5-10(6-8-11)13(18)15-9-3-1-2-4-12(17)16-19/h5-8,19H,1-4,9H2,(H,15,18)(H,16,17). The minimum Gasteiger partial charge on any atom is -0.352 e. The van der Waals surface area contributed by atoms with Crippen LogP contribution in [0.5, 0.6) is 0 Å². The van der Waals surface area contributed by atoms with Crippen LogP contribution >= 0.6 is 11.6 Å². The smallest absolute Gasteiger partial charge is 0.251 e. The number of nitrogens with one attached hydrogen (secondary N) is 2. The van der Waals surface area contributed by atoms with Crippen molar-refractivity contribution in [2.75, 3.05) is 6.54 Å². The first-order chi connectivity index (χ1) is 9.13. The average molecular weight is 285 g/mol. The number of carbonyl (C=O) groups excluding carboxylic acids is 2. The van der Waals surface area contributed by atoms with Crippen LogP contribution in [0.2, 0.25) is 5.02 Å². The highest BCUT2D eigenvalue weighted by atomic mass is 35.5. The number of carbonyl (C=O) groups is 2. The van der Waals surface area contributed by atoms with Gasteiger partial charge in [0.2, 0.25) is 5.91 Å². The fourth-order valence-electron chi connectivity index (χ4n) is 1.55. The third-order valence-electron chi connectivity index (χ3n) is 2.60. The highest BCUT2D eigenvalue weighted by Gasteiger charge is 2.04. The molecule has 0 heterocycles. The number of unbranched alkanes of at least 4 members (excludes halogenated alkanes) is 2. The summed E-state index contributed by atoms with van der Waals surface area (Å²) in [7, 11) is 0. The van der Waals surface area contributed by atoms with E-state index in [2.05, 4.69) is 5.32 Å². The highest BCUT2D eigenvalue weighted by molar-refractivity contribution is 6.30. The van der Waals surface area contributed by atoms with Gasteiger partial charge in [-0.25, -0.2) is 5.48 Å². The van der Waals surface area contributed by atoms with E-state index in [9.17, 15) is 9.59 Å². The Labute approximate surface area is 116 Å². The van der Waals surface area contributed by atoms with E-state index < -0.39 is 0 Å². The average Bonchev–Trinajstić information content (AvgIpc) is 2.42. The van der Waals surface area contributed by atoms with Crippen molar-refractivity contribution in [2.24, 2.45) is 0 Å². The SMILES string of the molecule is O=C(CCCCCNC(=O)c1ccc(Cl)cc1)NO. The molecule has 0 fully saturated rings. The molecule has 1 rings (SSSR count). The summed E-state index contributed by atoms with van der Waals surface area (Å²) in [6, 6.07) is 6.68. The van der Waals surface area contributed by atoms with Gasteiger partial charge >= 0.3 is 0 Å². The monoisotopic (exact) mass is 284 g/mol. The Bertz CT molecular complexity index is 420. The number of benzene rings is 1. The molecule has 0 bridgehead atoms. The molecule has 5 nitrogen and oxygen atoms in total. The van der Waals surface area contributed by atoms with Gasteiger partial charge in [0.15, 0.2) is 0 Å². The molecule has 1 aromatic carbocycles. The van der Waals surface area contributed by atoms with Gasteiger partial charge in [-0.05, 0) is 37.1 Å². The van der Waals surface area contributed by atoms with Crippen molar-refractivity contribution in [3.8, 4) is 0 Å². The molecule has 3 N–H and O–H groups in total. The van der Waals surface area contributed by atoms with E-state index in [1.54, 1.807) is 29.7 Å². The molecule has 2 amide bonds. The van der Waals surface area contributed by atoms with Gasteiger partial charge in [0.1, 0.15) is 0 Å². The summed E-state index contributed by atoms with van der Waals surface area (Å²) in [5, 5.41) is 11.7. The van der Waals surface area contributed by atoms with E-state index in [0.717, 1.165) is 12.8 Å². The van der Waals surface area contributed by atoms with Crippen LogP contribution in [0.3, 0.4) is 0 Å². The zero-order chi connectivity index (χ0) is 14.1. The second-order valence-electron chi connectivity index (χ2n) is 4.11. The van der Waals surface area contributed by atoms with E-state index in [0.29, 0.717) is 30.0 Å². The van der Waals surface area contributed by atoms with Gasteiger partial charge in [0, 0.05) is 23.6 Å². The molecule has 0 spiro atoms. The number of hydroxylamine groups is 1. The van der Waals surface area contributed by atoms with Crippen molar-refractivity contribution in [1.29, 1.82) is 0 Å². The van der Waals surface area contributed by atoms with Crippen molar-refractivity contribution in [2.45, 2.75) is 25.7 Å². The Morgan fingerprint density at radius 3 is 2.42 bits per heavy atom. The summed E-state index contributed by atoms with van der Waals surface area (Å²) in [6.45, 7) is 0.558. The van der Waals surface area contributed by atoms with E-state index in [1.807, 2.05) is 0 Å². The van der Waals surface area contributed by atoms with E-state index >= 15 is 0 Å². The minimum absolute atomic E-state index is 0.134. The van der Waals surface area contributed by atoms with E-state index in [-0.39, 0.29) is 11.8 Å². The molecule has 0 radical (unpaired) electrons. The summed E-state index contributed by atoms with van der Waals surface area (Å²) in [4.78, 5) is 22.4. The quantitative estimate of drug-likeness (QED) is 0.408. The maximum Gasteiger partial charge on any atom is 0.251 e. The largest absolute Gasteiger partial charge is 0.352 e. The lowest BCUT2D eigenvalue weighted by Crippen LogP contribution is -2.24. The molecule has 19 heavy (non-hydrogen) atoms. The minimum atomic E-state index is -0.384. The van der Waals surface area contributed by atoms with Gasteiger partial charge in [-0.3, -0.25) is 14.8 Å². The van der Waals surface area contributed by atoms with Crippen molar-refractivity contribution < 1.29 is 14.8 Å². The van der Waals surface area contributed by atoms with E-state index in [4.69, 9.17) is 16.8 Å². The number of hydrogen-bond donors (Lipinski definition) is 3. The second-order valence-corrected chi connectivity index (χ2v) is 4.54. The van der Waals surface area contributed by atoms with Crippen molar-refractivity contribution >= 4 is 23.4 Å². The Morgan fingerprint density at radius 2 is 1.79 bits per heavy atom. The summed E-state index contributed by atoms with van der Waals surface area (Å²) in [5.41, 5.74) is 2.15. The number of hydrogen-bond acceptors (Lipinski definition) is 3. The van der Waals surface area contributed by atoms with Crippen LogP contribution < -0.4 is 10.8 Å². The van der Waals surface area contributed by atoms with Crippen molar-refractivity contribution in [1.82, 2.24) is 10.8 Å². The molecular weight excluding hydrogens is 268 g/mol. The van der Waals surface area contributed by atoms with Gasteiger partial charge in [0.25, 0.3) is 5.91 Å². The molecule has 0 atom stereocenters. The lowest BCUT2D eigenvalue weighted by atomic mass is 10.2. The molecule has 0 saturated carbocycles. The zero-order valence-corrected chi connectivity index (χ0v) is 11.2. The molecule has 0 aliphatic heterocycles. The topological polar surface area (TPSA) is 78.4 Å². The van der Waals surface area contributed by atoms with Crippen LogP contribution in [0, 0.1) is 0 Å². The Morgan fingerprint density at radius 1 is 1.11 bits per heavy atom. The van der Waals surface area contributed by atoms with Gasteiger partial charge < -0.3 is 5.32 Å². The number of amides is 2. The van der Waals surface area contributed by atoms with Crippen LogP contribution in [0.4, 0.5) is 0 Å². The fraction of sp³-hybridized carbons (Fsp3) is 0.385. The molecule has 0 unspecified atom stereocenters. The predicted octanol–water partition coefficient (Wildman–Crippen LogP) is 2.14. The molecule has 1 aromatic rings. The molecule has 0 aliphatic rings.